The van der Waals surface area contributed by atoms with Crippen LogP contribution in [0.3, 0.4) is 0 Å². The number of aliphatic hydroxyl groups is 1. The zero-order chi connectivity index (χ0) is 17.6. The molecule has 22 heavy (non-hydrogen) atoms. The lowest BCUT2D eigenvalue weighted by Gasteiger charge is -2.33. The highest BCUT2D eigenvalue weighted by atomic mass is 35.5. The minimum absolute atomic E-state index is 0.0668. The van der Waals surface area contributed by atoms with Gasteiger partial charge in [-0.1, -0.05) is 23.2 Å². The molecule has 2 atom stereocenters. The summed E-state index contributed by atoms with van der Waals surface area (Å²) in [5.74, 6) is -4.28. The quantitative estimate of drug-likeness (QED) is 0.367. The van der Waals surface area contributed by atoms with Gasteiger partial charge in [-0.05, 0) is 20.3 Å². The van der Waals surface area contributed by atoms with Crippen LogP contribution in [0.2, 0.25) is 0 Å². The number of halogens is 2. The molecule has 0 aromatic carbocycles. The number of carboxylic acid groups (broad SMARTS) is 2. The molecule has 0 saturated carbocycles. The van der Waals surface area contributed by atoms with Gasteiger partial charge in [-0.15, -0.1) is 0 Å². The van der Waals surface area contributed by atoms with E-state index in [1.165, 1.54) is 13.8 Å². The van der Waals surface area contributed by atoms with Gasteiger partial charge in [0, 0.05) is 0 Å². The molecule has 0 amide bonds. The molecular weight excluding hydrogens is 362 g/mol. The summed E-state index contributed by atoms with van der Waals surface area (Å²) in [5.41, 5.74) is 0. The maximum atomic E-state index is 12.5. The van der Waals surface area contributed by atoms with Crippen molar-refractivity contribution in [2.24, 2.45) is 5.92 Å². The van der Waals surface area contributed by atoms with E-state index >= 15 is 0 Å². The molecule has 0 heterocycles. The van der Waals surface area contributed by atoms with Crippen LogP contribution < -0.4 is 0 Å². The van der Waals surface area contributed by atoms with Crippen LogP contribution in [0, 0.1) is 5.92 Å². The molecule has 0 aromatic rings. The number of rotatable bonds is 11. The lowest BCUT2D eigenvalue weighted by atomic mass is 9.98. The van der Waals surface area contributed by atoms with E-state index in [4.69, 9.17) is 42.5 Å². The Morgan fingerprint density at radius 3 is 1.95 bits per heavy atom. The van der Waals surface area contributed by atoms with E-state index in [9.17, 15) is 19.3 Å². The van der Waals surface area contributed by atoms with Crippen LogP contribution in [0.4, 0.5) is 0 Å². The molecule has 11 heteroatoms. The average molecular weight is 381 g/mol. The molecular formula is C11H19Cl2O8P. The van der Waals surface area contributed by atoms with E-state index in [0.717, 1.165) is 0 Å². The van der Waals surface area contributed by atoms with Crippen LogP contribution in [-0.4, -0.2) is 50.7 Å². The fraction of sp³-hybridized carbons (Fsp3) is 0.818. The lowest BCUT2D eigenvalue weighted by Crippen LogP contribution is -2.36. The highest BCUT2D eigenvalue weighted by molar-refractivity contribution is 7.60. The fourth-order valence-corrected chi connectivity index (χ4v) is 3.96. The third-order valence-electron chi connectivity index (χ3n) is 2.64. The van der Waals surface area contributed by atoms with Crippen LogP contribution in [0.15, 0.2) is 0 Å². The SMILES string of the molecule is CCOP(=O)(OCC)C(Cl)(Cl)C(O)CC(CC(=O)O)C(=O)O. The molecule has 0 bridgehead atoms. The van der Waals surface area contributed by atoms with Crippen LogP contribution in [0.25, 0.3) is 0 Å². The third kappa shape index (κ3) is 5.68. The Labute approximate surface area is 137 Å². The standard InChI is InChI=1S/C11H19Cl2O8P/c1-3-20-22(19,21-4-2)11(12,13)8(14)5-7(10(17)18)6-9(15)16/h7-8,14H,3-6H2,1-2H3,(H,15,16)(H,17,18). The Morgan fingerprint density at radius 1 is 1.18 bits per heavy atom. The summed E-state index contributed by atoms with van der Waals surface area (Å²) in [7, 11) is -4.16. The monoisotopic (exact) mass is 380 g/mol. The fourth-order valence-electron chi connectivity index (χ4n) is 1.63. The van der Waals surface area contributed by atoms with Crippen LogP contribution in [0.5, 0.6) is 0 Å². The maximum absolute atomic E-state index is 12.5. The minimum Gasteiger partial charge on any atom is -0.481 e. The van der Waals surface area contributed by atoms with E-state index in [1.807, 2.05) is 0 Å². The second-order valence-corrected chi connectivity index (χ2v) is 8.43. The number of hydrogen-bond donors (Lipinski definition) is 3. The number of hydrogen-bond acceptors (Lipinski definition) is 6. The molecule has 0 rings (SSSR count). The highest BCUT2D eigenvalue weighted by Gasteiger charge is 2.54. The van der Waals surface area contributed by atoms with Crippen molar-refractivity contribution in [3.63, 3.8) is 0 Å². The van der Waals surface area contributed by atoms with Crippen LogP contribution >= 0.6 is 30.8 Å². The van der Waals surface area contributed by atoms with Crippen molar-refractivity contribution in [1.82, 2.24) is 0 Å². The molecule has 0 saturated heterocycles. The van der Waals surface area contributed by atoms with Crippen LogP contribution in [0.1, 0.15) is 26.7 Å². The van der Waals surface area contributed by atoms with Gasteiger partial charge in [-0.3, -0.25) is 14.2 Å². The van der Waals surface area contributed by atoms with Gasteiger partial charge >= 0.3 is 19.5 Å². The number of carbonyl (C=O) groups is 2. The molecule has 0 fully saturated rings. The molecule has 3 N–H and O–H groups in total. The van der Waals surface area contributed by atoms with Gasteiger partial charge in [0.1, 0.15) is 0 Å². The molecule has 0 spiro atoms. The van der Waals surface area contributed by atoms with E-state index in [1.54, 1.807) is 0 Å². The van der Waals surface area contributed by atoms with Crippen molar-refractivity contribution >= 4 is 42.7 Å². The largest absolute Gasteiger partial charge is 0.481 e. The first kappa shape index (κ1) is 21.6. The molecule has 8 nitrogen and oxygen atoms in total. The first-order valence-electron chi connectivity index (χ1n) is 6.41. The molecule has 0 aliphatic heterocycles. The van der Waals surface area contributed by atoms with Gasteiger partial charge in [-0.2, -0.15) is 0 Å². The second kappa shape index (κ2) is 9.05. The van der Waals surface area contributed by atoms with E-state index in [2.05, 4.69) is 0 Å². The predicted molar refractivity (Wildman–Crippen MR) is 79.3 cm³/mol. The molecule has 130 valence electrons. The Kier molecular flexibility index (Phi) is 8.90. The summed E-state index contributed by atoms with van der Waals surface area (Å²) in [6, 6.07) is 0. The lowest BCUT2D eigenvalue weighted by molar-refractivity contribution is -0.149. The summed E-state index contributed by atoms with van der Waals surface area (Å²) in [6.07, 6.45) is -3.21. The first-order valence-corrected chi connectivity index (χ1v) is 8.71. The Balaban J connectivity index is 5.27. The van der Waals surface area contributed by atoms with E-state index < -0.39 is 48.5 Å². The Morgan fingerprint density at radius 2 is 1.64 bits per heavy atom. The first-order chi connectivity index (χ1) is 10.0. The summed E-state index contributed by atoms with van der Waals surface area (Å²) in [4.78, 5) is 21.6. The van der Waals surface area contributed by atoms with Crippen molar-refractivity contribution in [2.75, 3.05) is 13.2 Å². The van der Waals surface area contributed by atoms with Gasteiger partial charge in [0.05, 0.1) is 31.7 Å². The smallest absolute Gasteiger partial charge is 0.369 e. The zero-order valence-electron chi connectivity index (χ0n) is 12.1. The van der Waals surface area contributed by atoms with Crippen molar-refractivity contribution in [1.29, 1.82) is 0 Å². The number of aliphatic hydroxyl groups excluding tert-OH is 1. The second-order valence-electron chi connectivity index (χ2n) is 4.31. The minimum atomic E-state index is -4.16. The summed E-state index contributed by atoms with van der Waals surface area (Å²) in [5, 5.41) is 27.7. The molecule has 0 aliphatic carbocycles. The summed E-state index contributed by atoms with van der Waals surface area (Å²) >= 11 is 11.8. The number of carboxylic acids is 2. The van der Waals surface area contributed by atoms with Gasteiger partial charge in [-0.25, -0.2) is 0 Å². The molecule has 0 aromatic heterocycles. The summed E-state index contributed by atoms with van der Waals surface area (Å²) in [6.45, 7) is 2.88. The molecule has 2 unspecified atom stereocenters. The predicted octanol–water partition coefficient (Wildman–Crippen LogP) is 2.31. The Hall–Kier alpha value is -0.370. The third-order valence-corrected chi connectivity index (χ3v) is 6.61. The van der Waals surface area contributed by atoms with Gasteiger partial charge in [0.15, 0.2) is 0 Å². The normalized spacial score (nSPS) is 15.3. The molecule has 0 aliphatic rings. The average Bonchev–Trinajstić information content (AvgIpc) is 2.37. The maximum Gasteiger partial charge on any atom is 0.369 e. The van der Waals surface area contributed by atoms with E-state index in [0.29, 0.717) is 0 Å². The molecule has 0 radical (unpaired) electrons. The van der Waals surface area contributed by atoms with E-state index in [-0.39, 0.29) is 13.2 Å². The van der Waals surface area contributed by atoms with Crippen molar-refractivity contribution in [2.45, 2.75) is 36.9 Å². The van der Waals surface area contributed by atoms with Gasteiger partial charge in [0.25, 0.3) is 0 Å². The van der Waals surface area contributed by atoms with Gasteiger partial charge in [0.2, 0.25) is 4.07 Å². The van der Waals surface area contributed by atoms with Crippen molar-refractivity contribution in [3.8, 4) is 0 Å². The van der Waals surface area contributed by atoms with Crippen LogP contribution in [-0.2, 0) is 23.2 Å². The topological polar surface area (TPSA) is 130 Å². The zero-order valence-corrected chi connectivity index (χ0v) is 14.5. The van der Waals surface area contributed by atoms with Crippen molar-refractivity contribution in [3.05, 3.63) is 0 Å². The number of aliphatic carboxylic acids is 2. The Bertz CT molecular complexity index is 432. The highest BCUT2D eigenvalue weighted by Crippen LogP contribution is 2.66. The van der Waals surface area contributed by atoms with Crippen molar-refractivity contribution < 1.29 is 38.5 Å². The number of alkyl halides is 2. The summed E-state index contributed by atoms with van der Waals surface area (Å²) < 4.78 is 19.9. The van der Waals surface area contributed by atoms with Gasteiger partial charge < -0.3 is 24.4 Å².